The minimum absolute atomic E-state index is 0.0526. The lowest BCUT2D eigenvalue weighted by atomic mass is 9.81. The van der Waals surface area contributed by atoms with Gasteiger partial charge in [-0.15, -0.1) is 0 Å². The first-order chi connectivity index (χ1) is 20.3. The summed E-state index contributed by atoms with van der Waals surface area (Å²) in [6.45, 7) is 2.28. The predicted molar refractivity (Wildman–Crippen MR) is 166 cm³/mol. The van der Waals surface area contributed by atoms with E-state index < -0.39 is 0 Å². The molecule has 10 heteroatoms. The summed E-state index contributed by atoms with van der Waals surface area (Å²) in [6.07, 6.45) is 10.6. The number of hydrogen-bond acceptors (Lipinski definition) is 4. The Hall–Kier alpha value is -3.69. The van der Waals surface area contributed by atoms with Crippen LogP contribution in [0.3, 0.4) is 0 Å². The van der Waals surface area contributed by atoms with Crippen molar-refractivity contribution >= 4 is 39.1 Å². The van der Waals surface area contributed by atoms with Gasteiger partial charge < -0.3 is 9.47 Å². The van der Waals surface area contributed by atoms with Gasteiger partial charge in [-0.3, -0.25) is 14.2 Å². The molecule has 1 amide bonds. The van der Waals surface area contributed by atoms with Gasteiger partial charge in [-0.2, -0.15) is 5.10 Å². The molecule has 1 fully saturated rings. The van der Waals surface area contributed by atoms with E-state index in [0.717, 1.165) is 44.9 Å². The number of hydrogen-bond donors (Lipinski definition) is 0. The quantitative estimate of drug-likeness (QED) is 0.227. The number of rotatable bonds is 5. The average molecular weight is 646 g/mol. The van der Waals surface area contributed by atoms with Crippen LogP contribution in [0.25, 0.3) is 22.7 Å². The summed E-state index contributed by atoms with van der Waals surface area (Å²) >= 11 is 9.72. The summed E-state index contributed by atoms with van der Waals surface area (Å²) in [7, 11) is 1.97. The van der Waals surface area contributed by atoms with E-state index in [1.54, 1.807) is 24.4 Å². The molecular formula is C32H30BrClN6O2. The maximum atomic E-state index is 14.4. The Bertz CT molecular complexity index is 1900. The Kier molecular flexibility index (Phi) is 6.82. The number of benzene rings is 2. The van der Waals surface area contributed by atoms with Gasteiger partial charge in [-0.05, 0) is 84.1 Å². The molecule has 1 aliphatic heterocycles. The first kappa shape index (κ1) is 27.2. The topological polar surface area (TPSA) is 77.4 Å². The van der Waals surface area contributed by atoms with Gasteiger partial charge in [0.2, 0.25) is 0 Å². The van der Waals surface area contributed by atoms with Gasteiger partial charge in [-0.1, -0.05) is 30.9 Å². The standard InChI is InChI=1S/C32H30BrClN6O2/c1-19-14-25-28(18-38(19)31(41)22-8-11-26(33)27(34)16-22)40-30(23(17-36-40)15-20-4-3-5-20)39(32(25)42)24-9-6-21(7-10-24)29-35-12-13-37(29)2/h6-13,16-17,19-20H,3-5,14-15,18H2,1-2H3/t19-/m1/s1. The average Bonchev–Trinajstić information content (AvgIpc) is 3.58. The second-order valence-electron chi connectivity index (χ2n) is 11.5. The van der Waals surface area contributed by atoms with Crippen LogP contribution >= 0.6 is 27.5 Å². The third-order valence-corrected chi connectivity index (χ3v) is 10.0. The van der Waals surface area contributed by atoms with Crippen LogP contribution in [0.5, 0.6) is 0 Å². The normalized spacial score (nSPS) is 17.0. The summed E-state index contributed by atoms with van der Waals surface area (Å²) in [4.78, 5) is 34.3. The molecule has 1 aliphatic carbocycles. The van der Waals surface area contributed by atoms with Crippen molar-refractivity contribution in [1.82, 2.24) is 28.6 Å². The van der Waals surface area contributed by atoms with Gasteiger partial charge in [-0.25, -0.2) is 9.50 Å². The Morgan fingerprint density at radius 1 is 1.14 bits per heavy atom. The Morgan fingerprint density at radius 3 is 2.60 bits per heavy atom. The fourth-order valence-corrected chi connectivity index (χ4v) is 6.67. The van der Waals surface area contributed by atoms with E-state index in [1.807, 2.05) is 69.2 Å². The fraction of sp³-hybridized carbons (Fsp3) is 0.312. The SMILES string of the molecule is C[C@@H]1Cc2c(n3ncc(CC4CCC4)c3n(-c3ccc(-c4nccn4C)cc3)c2=O)CN1C(=O)c1ccc(Br)c(Cl)c1. The van der Waals surface area contributed by atoms with Gasteiger partial charge in [0, 0.05) is 52.2 Å². The van der Waals surface area contributed by atoms with Crippen LogP contribution < -0.4 is 5.56 Å². The Morgan fingerprint density at radius 2 is 1.93 bits per heavy atom. The van der Waals surface area contributed by atoms with Crippen LogP contribution in [-0.4, -0.2) is 40.6 Å². The number of aryl methyl sites for hydroxylation is 1. The highest BCUT2D eigenvalue weighted by atomic mass is 79.9. The molecule has 4 heterocycles. The number of fused-ring (bicyclic) bond motifs is 3. The van der Waals surface area contributed by atoms with E-state index in [2.05, 4.69) is 20.9 Å². The molecule has 2 aliphatic rings. The molecule has 0 bridgehead atoms. The molecule has 0 saturated heterocycles. The lowest BCUT2D eigenvalue weighted by Gasteiger charge is -2.35. The summed E-state index contributed by atoms with van der Waals surface area (Å²) in [5.41, 5.74) is 5.53. The van der Waals surface area contributed by atoms with Gasteiger partial charge >= 0.3 is 0 Å². The monoisotopic (exact) mass is 644 g/mol. The molecule has 214 valence electrons. The number of amides is 1. The van der Waals surface area contributed by atoms with Crippen LogP contribution in [0.4, 0.5) is 0 Å². The van der Waals surface area contributed by atoms with Gasteiger partial charge in [0.25, 0.3) is 11.5 Å². The molecule has 7 rings (SSSR count). The molecule has 5 aromatic rings. The summed E-state index contributed by atoms with van der Waals surface area (Å²) in [5.74, 6) is 1.35. The third-order valence-electron chi connectivity index (χ3n) is 8.81. The van der Waals surface area contributed by atoms with Gasteiger partial charge in [0.05, 0.1) is 29.1 Å². The Balaban J connectivity index is 1.35. The molecule has 1 atom stereocenters. The third kappa shape index (κ3) is 4.50. The lowest BCUT2D eigenvalue weighted by molar-refractivity contribution is 0.0651. The molecule has 0 spiro atoms. The maximum absolute atomic E-state index is 14.4. The van der Waals surface area contributed by atoms with Crippen LogP contribution in [0.1, 0.15) is 53.4 Å². The van der Waals surface area contributed by atoms with Crippen LogP contribution in [0.15, 0.2) is 70.3 Å². The molecule has 42 heavy (non-hydrogen) atoms. The number of halogens is 2. The van der Waals surface area contributed by atoms with E-state index in [1.165, 1.54) is 19.3 Å². The molecule has 0 unspecified atom stereocenters. The van der Waals surface area contributed by atoms with Gasteiger partial charge in [0.1, 0.15) is 11.5 Å². The van der Waals surface area contributed by atoms with Crippen molar-refractivity contribution in [2.45, 2.75) is 51.6 Å². The first-order valence-corrected chi connectivity index (χ1v) is 15.4. The zero-order valence-corrected chi connectivity index (χ0v) is 25.8. The summed E-state index contributed by atoms with van der Waals surface area (Å²) in [6, 6.07) is 13.0. The molecule has 1 saturated carbocycles. The number of nitrogens with zero attached hydrogens (tertiary/aromatic N) is 6. The Labute approximate surface area is 256 Å². The van der Waals surface area contributed by atoms with Gasteiger partial charge in [0.15, 0.2) is 0 Å². The highest BCUT2D eigenvalue weighted by Crippen LogP contribution is 2.33. The van der Waals surface area contributed by atoms with Crippen molar-refractivity contribution in [3.8, 4) is 17.1 Å². The van der Waals surface area contributed by atoms with Crippen molar-refractivity contribution in [3.63, 3.8) is 0 Å². The smallest absolute Gasteiger partial charge is 0.261 e. The van der Waals surface area contributed by atoms with E-state index >= 15 is 0 Å². The molecule has 2 aromatic carbocycles. The van der Waals surface area contributed by atoms with Crippen molar-refractivity contribution < 1.29 is 4.79 Å². The second-order valence-corrected chi connectivity index (χ2v) is 12.8. The largest absolute Gasteiger partial charge is 0.334 e. The highest BCUT2D eigenvalue weighted by molar-refractivity contribution is 9.10. The number of carbonyl (C=O) groups excluding carboxylic acids is 1. The van der Waals surface area contributed by atoms with Crippen LogP contribution in [-0.2, 0) is 26.4 Å². The molecule has 0 N–H and O–H groups in total. The lowest BCUT2D eigenvalue weighted by Crippen LogP contribution is -2.46. The predicted octanol–water partition coefficient (Wildman–Crippen LogP) is 6.23. The van der Waals surface area contributed by atoms with Crippen molar-refractivity contribution in [3.05, 3.63) is 103 Å². The van der Waals surface area contributed by atoms with E-state index in [4.69, 9.17) is 16.7 Å². The highest BCUT2D eigenvalue weighted by Gasteiger charge is 2.33. The molecule has 3 aromatic heterocycles. The maximum Gasteiger partial charge on any atom is 0.261 e. The van der Waals surface area contributed by atoms with E-state index in [0.29, 0.717) is 28.5 Å². The van der Waals surface area contributed by atoms with Crippen molar-refractivity contribution in [2.24, 2.45) is 13.0 Å². The zero-order chi connectivity index (χ0) is 29.1. The van der Waals surface area contributed by atoms with Crippen LogP contribution in [0.2, 0.25) is 5.02 Å². The number of aromatic nitrogens is 5. The molecular weight excluding hydrogens is 616 g/mol. The molecule has 8 nitrogen and oxygen atoms in total. The number of imidazole rings is 1. The fourth-order valence-electron chi connectivity index (χ4n) is 6.25. The van der Waals surface area contributed by atoms with E-state index in [9.17, 15) is 9.59 Å². The van der Waals surface area contributed by atoms with E-state index in [-0.39, 0.29) is 24.1 Å². The van der Waals surface area contributed by atoms with Crippen LogP contribution in [0, 0.1) is 5.92 Å². The minimum Gasteiger partial charge on any atom is -0.334 e. The van der Waals surface area contributed by atoms with Crippen molar-refractivity contribution in [1.29, 1.82) is 0 Å². The summed E-state index contributed by atoms with van der Waals surface area (Å²) < 4.78 is 6.44. The molecule has 0 radical (unpaired) electrons. The first-order valence-electron chi connectivity index (χ1n) is 14.3. The number of carbonyl (C=O) groups is 1. The van der Waals surface area contributed by atoms with Crippen molar-refractivity contribution in [2.75, 3.05) is 0 Å². The second kappa shape index (κ2) is 10.5. The minimum atomic E-state index is -0.179. The zero-order valence-electron chi connectivity index (χ0n) is 23.4. The summed E-state index contributed by atoms with van der Waals surface area (Å²) in [5, 5.41) is 5.32.